The Labute approximate surface area is 85.8 Å². The minimum absolute atomic E-state index is 0. The van der Waals surface area contributed by atoms with Crippen LogP contribution in [0.15, 0.2) is 0 Å². The molecule has 0 spiro atoms. The number of carbonyl (C=O) groups is 1. The molecule has 0 aromatic carbocycles. The molecule has 0 aliphatic carbocycles. The van der Waals surface area contributed by atoms with Gasteiger partial charge in [0.15, 0.2) is 17.4 Å². The van der Waals surface area contributed by atoms with Crippen molar-refractivity contribution in [3.05, 3.63) is 0 Å². The summed E-state index contributed by atoms with van der Waals surface area (Å²) in [7, 11) is 0. The van der Waals surface area contributed by atoms with Crippen LogP contribution in [0, 0.1) is 0 Å². The Balaban J connectivity index is 0. The molecule has 0 saturated carbocycles. The summed E-state index contributed by atoms with van der Waals surface area (Å²) >= 11 is 0. The summed E-state index contributed by atoms with van der Waals surface area (Å²) in [6.45, 7) is 4.75. The molecule has 2 nitrogen and oxygen atoms in total. The van der Waals surface area contributed by atoms with E-state index in [0.717, 1.165) is 25.7 Å². The standard InChI is InChI=1S/C9H18O2.Al.3H/c1-3-5-7-9(10)11-8-6-4-2;;;;/h3-8H2,1-2H3;;;;. The topological polar surface area (TPSA) is 26.3 Å². The number of unbranched alkanes of at least 4 members (excludes halogenated alkanes) is 2. The Morgan fingerprint density at radius 2 is 1.75 bits per heavy atom. The van der Waals surface area contributed by atoms with Crippen LogP contribution in [0.1, 0.15) is 46.0 Å². The molecule has 0 aliphatic rings. The maximum Gasteiger partial charge on any atom is 0.305 e. The first-order valence-electron chi connectivity index (χ1n) is 4.46. The molecule has 72 valence electrons. The monoisotopic (exact) mass is 188 g/mol. The van der Waals surface area contributed by atoms with Crippen LogP contribution in [0.4, 0.5) is 0 Å². The average Bonchev–Trinajstić information content (AvgIpc) is 2.01. The highest BCUT2D eigenvalue weighted by molar-refractivity contribution is 5.75. The van der Waals surface area contributed by atoms with E-state index >= 15 is 0 Å². The summed E-state index contributed by atoms with van der Waals surface area (Å²) in [6.07, 6.45) is 4.66. The fourth-order valence-corrected chi connectivity index (χ4v) is 0.724. The van der Waals surface area contributed by atoms with E-state index in [2.05, 4.69) is 13.8 Å². The molecule has 0 fully saturated rings. The SMILES string of the molecule is CCCCOC(=O)CCCC.[AlH3]. The Kier molecular flexibility index (Phi) is 13.3. The second-order valence-electron chi connectivity index (χ2n) is 2.68. The molecule has 0 atom stereocenters. The van der Waals surface area contributed by atoms with Crippen LogP contribution in [0.25, 0.3) is 0 Å². The molecular formula is C9H21AlO2. The van der Waals surface area contributed by atoms with Gasteiger partial charge in [-0.1, -0.05) is 26.7 Å². The van der Waals surface area contributed by atoms with Crippen molar-refractivity contribution in [3.63, 3.8) is 0 Å². The number of hydrogen-bond acceptors (Lipinski definition) is 2. The predicted molar refractivity (Wildman–Crippen MR) is 55.3 cm³/mol. The van der Waals surface area contributed by atoms with Gasteiger partial charge in [0.1, 0.15) is 0 Å². The van der Waals surface area contributed by atoms with Crippen LogP contribution >= 0.6 is 0 Å². The van der Waals surface area contributed by atoms with Gasteiger partial charge in [0.2, 0.25) is 0 Å². The van der Waals surface area contributed by atoms with E-state index < -0.39 is 0 Å². The molecule has 0 aliphatic heterocycles. The van der Waals surface area contributed by atoms with Crippen molar-refractivity contribution < 1.29 is 9.53 Å². The fraction of sp³-hybridized carbons (Fsp3) is 0.889. The molecule has 12 heavy (non-hydrogen) atoms. The van der Waals surface area contributed by atoms with Gasteiger partial charge in [0.25, 0.3) is 0 Å². The van der Waals surface area contributed by atoms with Crippen LogP contribution < -0.4 is 0 Å². The first-order chi connectivity index (χ1) is 5.31. The molecule has 0 saturated heterocycles. The summed E-state index contributed by atoms with van der Waals surface area (Å²) < 4.78 is 4.95. The third kappa shape index (κ3) is 10.0. The lowest BCUT2D eigenvalue weighted by Gasteiger charge is -2.01. The number of ether oxygens (including phenoxy) is 1. The normalized spacial score (nSPS) is 8.83. The maximum absolute atomic E-state index is 10.9. The quantitative estimate of drug-likeness (QED) is 0.357. The molecule has 0 bridgehead atoms. The molecule has 0 rings (SSSR count). The van der Waals surface area contributed by atoms with Crippen molar-refractivity contribution in [1.82, 2.24) is 0 Å². The molecule has 0 N–H and O–H groups in total. The first-order valence-corrected chi connectivity index (χ1v) is 4.46. The molecule has 0 heterocycles. The Morgan fingerprint density at radius 3 is 2.25 bits per heavy atom. The number of hydrogen-bond donors (Lipinski definition) is 0. The zero-order chi connectivity index (χ0) is 8.53. The van der Waals surface area contributed by atoms with Gasteiger partial charge in [0, 0.05) is 6.42 Å². The molecule has 0 unspecified atom stereocenters. The van der Waals surface area contributed by atoms with Gasteiger partial charge in [-0.05, 0) is 12.8 Å². The maximum atomic E-state index is 10.9. The summed E-state index contributed by atoms with van der Waals surface area (Å²) in [5, 5.41) is 0. The second kappa shape index (κ2) is 11.0. The third-order valence-corrected chi connectivity index (χ3v) is 1.50. The van der Waals surface area contributed by atoms with Crippen LogP contribution in [0.3, 0.4) is 0 Å². The van der Waals surface area contributed by atoms with E-state index in [4.69, 9.17) is 4.74 Å². The summed E-state index contributed by atoms with van der Waals surface area (Å²) in [5.41, 5.74) is 0. The Hall–Kier alpha value is 0.00247. The van der Waals surface area contributed by atoms with Gasteiger partial charge in [0.05, 0.1) is 6.61 Å². The van der Waals surface area contributed by atoms with E-state index in [9.17, 15) is 4.79 Å². The van der Waals surface area contributed by atoms with E-state index in [1.807, 2.05) is 0 Å². The lowest BCUT2D eigenvalue weighted by Crippen LogP contribution is -2.04. The summed E-state index contributed by atoms with van der Waals surface area (Å²) in [5.74, 6) is -0.0414. The van der Waals surface area contributed by atoms with Crippen molar-refractivity contribution in [2.45, 2.75) is 46.0 Å². The molecule has 0 radical (unpaired) electrons. The molecule has 0 aromatic rings. The lowest BCUT2D eigenvalue weighted by molar-refractivity contribution is -0.143. The van der Waals surface area contributed by atoms with Crippen LogP contribution in [-0.4, -0.2) is 29.9 Å². The minimum atomic E-state index is -0.0414. The van der Waals surface area contributed by atoms with E-state index in [1.54, 1.807) is 0 Å². The van der Waals surface area contributed by atoms with Crippen molar-refractivity contribution in [2.75, 3.05) is 6.61 Å². The Bertz CT molecular complexity index is 105. The number of rotatable bonds is 6. The van der Waals surface area contributed by atoms with Crippen LogP contribution in [0.5, 0.6) is 0 Å². The fourth-order valence-electron chi connectivity index (χ4n) is 0.724. The minimum Gasteiger partial charge on any atom is -0.466 e. The largest absolute Gasteiger partial charge is 0.466 e. The summed E-state index contributed by atoms with van der Waals surface area (Å²) in [4.78, 5) is 10.9. The van der Waals surface area contributed by atoms with E-state index in [-0.39, 0.29) is 23.3 Å². The second-order valence-corrected chi connectivity index (χ2v) is 2.68. The molecule has 0 amide bonds. The van der Waals surface area contributed by atoms with Gasteiger partial charge in [-0.2, -0.15) is 0 Å². The predicted octanol–water partition coefficient (Wildman–Crippen LogP) is 1.34. The van der Waals surface area contributed by atoms with Gasteiger partial charge in [-0.15, -0.1) is 0 Å². The Morgan fingerprint density at radius 1 is 1.17 bits per heavy atom. The lowest BCUT2D eigenvalue weighted by atomic mass is 10.2. The van der Waals surface area contributed by atoms with Crippen LogP contribution in [-0.2, 0) is 9.53 Å². The highest BCUT2D eigenvalue weighted by Gasteiger charge is 1.99. The van der Waals surface area contributed by atoms with E-state index in [1.165, 1.54) is 0 Å². The van der Waals surface area contributed by atoms with Gasteiger partial charge in [-0.3, -0.25) is 4.79 Å². The molecular weight excluding hydrogens is 167 g/mol. The van der Waals surface area contributed by atoms with Crippen molar-refractivity contribution in [1.29, 1.82) is 0 Å². The van der Waals surface area contributed by atoms with Gasteiger partial charge >= 0.3 is 5.97 Å². The van der Waals surface area contributed by atoms with Crippen molar-refractivity contribution in [3.8, 4) is 0 Å². The molecule has 0 aromatic heterocycles. The third-order valence-electron chi connectivity index (χ3n) is 1.50. The number of esters is 1. The molecule has 3 heteroatoms. The van der Waals surface area contributed by atoms with E-state index in [0.29, 0.717) is 13.0 Å². The van der Waals surface area contributed by atoms with Crippen molar-refractivity contribution >= 4 is 23.3 Å². The van der Waals surface area contributed by atoms with Crippen LogP contribution in [0.2, 0.25) is 0 Å². The highest BCUT2D eigenvalue weighted by atomic mass is 27.0. The van der Waals surface area contributed by atoms with Gasteiger partial charge < -0.3 is 4.74 Å². The van der Waals surface area contributed by atoms with Gasteiger partial charge in [-0.25, -0.2) is 0 Å². The average molecular weight is 188 g/mol. The number of carbonyl (C=O) groups excluding carboxylic acids is 1. The smallest absolute Gasteiger partial charge is 0.305 e. The van der Waals surface area contributed by atoms with Crippen molar-refractivity contribution in [2.24, 2.45) is 0 Å². The summed E-state index contributed by atoms with van der Waals surface area (Å²) in [6, 6.07) is 0. The zero-order valence-corrected chi connectivity index (χ0v) is 7.56. The zero-order valence-electron chi connectivity index (χ0n) is 7.56. The highest BCUT2D eigenvalue weighted by Crippen LogP contribution is 1.97. The first kappa shape index (κ1) is 14.5.